The van der Waals surface area contributed by atoms with Crippen molar-refractivity contribution in [3.63, 3.8) is 0 Å². The van der Waals surface area contributed by atoms with E-state index >= 15 is 0 Å². The molecule has 3 aromatic rings. The van der Waals surface area contributed by atoms with Crippen LogP contribution >= 0.6 is 15.9 Å². The third-order valence-corrected chi connectivity index (χ3v) is 4.87. The molecule has 0 saturated carbocycles. The lowest BCUT2D eigenvalue weighted by Crippen LogP contribution is -2.24. The number of hydrogen-bond acceptors (Lipinski definition) is 6. The Hall–Kier alpha value is -3.39. The molecule has 7 nitrogen and oxygen atoms in total. The number of ether oxygens (including phenoxy) is 2. The average Bonchev–Trinajstić information content (AvgIpc) is 3.29. The number of furan rings is 1. The van der Waals surface area contributed by atoms with Crippen LogP contribution in [0.5, 0.6) is 11.5 Å². The minimum atomic E-state index is -0.637. The van der Waals surface area contributed by atoms with Crippen LogP contribution in [-0.4, -0.2) is 24.7 Å². The molecule has 0 spiro atoms. The molecule has 0 bridgehead atoms. The van der Waals surface area contributed by atoms with Crippen molar-refractivity contribution in [3.8, 4) is 11.5 Å². The number of rotatable bonds is 7. The molecule has 3 rings (SSSR count). The van der Waals surface area contributed by atoms with E-state index in [1.54, 1.807) is 24.3 Å². The quantitative estimate of drug-likeness (QED) is 0.212. The number of amides is 1. The normalized spacial score (nSPS) is 11.4. The number of nitrogens with zero attached hydrogens (tertiary/aromatic N) is 1. The molecule has 0 radical (unpaired) electrons. The van der Waals surface area contributed by atoms with E-state index in [9.17, 15) is 9.59 Å². The van der Waals surface area contributed by atoms with Crippen LogP contribution in [0.2, 0.25) is 0 Å². The number of benzene rings is 2. The second kappa shape index (κ2) is 10.3. The molecule has 0 saturated heterocycles. The minimum Gasteiger partial charge on any atom is -0.484 e. The summed E-state index contributed by atoms with van der Waals surface area (Å²) in [6, 6.07) is 15.7. The lowest BCUT2D eigenvalue weighted by Gasteiger charge is -2.19. The van der Waals surface area contributed by atoms with Crippen molar-refractivity contribution in [2.24, 2.45) is 5.10 Å². The van der Waals surface area contributed by atoms with Crippen LogP contribution in [0.4, 0.5) is 0 Å². The smallest absolute Gasteiger partial charge is 0.379 e. The summed E-state index contributed by atoms with van der Waals surface area (Å²) in [6.45, 7) is 6.19. The number of nitrogens with one attached hydrogen (secondary N) is 1. The van der Waals surface area contributed by atoms with Gasteiger partial charge in [-0.3, -0.25) is 4.79 Å². The molecule has 2 aromatic carbocycles. The first-order chi connectivity index (χ1) is 15.2. The van der Waals surface area contributed by atoms with Crippen LogP contribution in [0.3, 0.4) is 0 Å². The molecule has 1 amide bonds. The van der Waals surface area contributed by atoms with E-state index in [-0.39, 0.29) is 23.5 Å². The number of hydrazone groups is 1. The number of esters is 1. The van der Waals surface area contributed by atoms with Crippen LogP contribution in [0.1, 0.15) is 42.5 Å². The number of carbonyl (C=O) groups excluding carboxylic acids is 2. The van der Waals surface area contributed by atoms with Crippen LogP contribution in [0.15, 0.2) is 74.9 Å². The van der Waals surface area contributed by atoms with Gasteiger partial charge in [0.05, 0.1) is 12.5 Å². The molecule has 0 atom stereocenters. The molecular weight excluding hydrogens is 476 g/mol. The first-order valence-corrected chi connectivity index (χ1v) is 10.6. The summed E-state index contributed by atoms with van der Waals surface area (Å²) in [5, 5.41) is 3.93. The maximum absolute atomic E-state index is 12.1. The van der Waals surface area contributed by atoms with Gasteiger partial charge in [0.2, 0.25) is 5.76 Å². The monoisotopic (exact) mass is 498 g/mol. The molecule has 8 heteroatoms. The molecule has 0 aliphatic carbocycles. The zero-order valence-corrected chi connectivity index (χ0v) is 19.5. The molecule has 0 unspecified atom stereocenters. The Morgan fingerprint density at radius 2 is 1.88 bits per heavy atom. The van der Waals surface area contributed by atoms with E-state index in [0.29, 0.717) is 11.3 Å². The molecule has 32 heavy (non-hydrogen) atoms. The van der Waals surface area contributed by atoms with Crippen LogP contribution < -0.4 is 14.9 Å². The van der Waals surface area contributed by atoms with Crippen molar-refractivity contribution in [2.45, 2.75) is 26.2 Å². The van der Waals surface area contributed by atoms with Gasteiger partial charge in [-0.15, -0.1) is 0 Å². The number of hydrogen-bond donors (Lipinski definition) is 1. The third-order valence-electron chi connectivity index (χ3n) is 4.38. The van der Waals surface area contributed by atoms with Crippen molar-refractivity contribution in [2.75, 3.05) is 6.61 Å². The van der Waals surface area contributed by atoms with Gasteiger partial charge in [0.1, 0.15) is 11.5 Å². The molecular formula is C24H23BrN2O5. The Morgan fingerprint density at radius 3 is 2.53 bits per heavy atom. The first kappa shape index (κ1) is 23.3. The number of carbonyl (C=O) groups is 2. The third kappa shape index (κ3) is 6.55. The molecule has 0 aliphatic rings. The van der Waals surface area contributed by atoms with Crippen LogP contribution in [0.25, 0.3) is 0 Å². The summed E-state index contributed by atoms with van der Waals surface area (Å²) in [5.41, 5.74) is 4.10. The topological polar surface area (TPSA) is 90.1 Å². The lowest BCUT2D eigenvalue weighted by atomic mass is 9.87. The summed E-state index contributed by atoms with van der Waals surface area (Å²) in [6.07, 6.45) is 2.77. The second-order valence-electron chi connectivity index (χ2n) is 7.91. The highest BCUT2D eigenvalue weighted by Crippen LogP contribution is 2.24. The Bertz CT molecular complexity index is 1100. The Morgan fingerprint density at radius 1 is 1.12 bits per heavy atom. The summed E-state index contributed by atoms with van der Waals surface area (Å²) >= 11 is 3.36. The van der Waals surface area contributed by atoms with E-state index in [4.69, 9.17) is 13.9 Å². The Balaban J connectivity index is 1.56. The van der Waals surface area contributed by atoms with E-state index in [0.717, 1.165) is 4.47 Å². The zero-order valence-electron chi connectivity index (χ0n) is 17.9. The Labute approximate surface area is 194 Å². The SMILES string of the molecule is CC(C)(C)c1ccc(OCC(=O)N/N=C/c2cc(Br)ccc2OC(=O)c2ccco2)cc1. The van der Waals surface area contributed by atoms with Gasteiger partial charge in [-0.1, -0.05) is 48.8 Å². The Kier molecular flexibility index (Phi) is 7.48. The molecule has 1 N–H and O–H groups in total. The predicted molar refractivity (Wildman–Crippen MR) is 124 cm³/mol. The summed E-state index contributed by atoms with van der Waals surface area (Å²) < 4.78 is 16.7. The molecule has 0 aliphatic heterocycles. The predicted octanol–water partition coefficient (Wildman–Crippen LogP) is 5.09. The van der Waals surface area contributed by atoms with Crippen LogP contribution in [0, 0.1) is 0 Å². The molecule has 1 aromatic heterocycles. The van der Waals surface area contributed by atoms with Crippen LogP contribution in [-0.2, 0) is 10.2 Å². The minimum absolute atomic E-state index is 0.0438. The van der Waals surface area contributed by atoms with Gasteiger partial charge >= 0.3 is 5.97 Å². The van der Waals surface area contributed by atoms with Gasteiger partial charge in [-0.2, -0.15) is 5.10 Å². The first-order valence-electron chi connectivity index (χ1n) is 9.83. The fourth-order valence-electron chi connectivity index (χ4n) is 2.66. The summed E-state index contributed by atoms with van der Waals surface area (Å²) in [4.78, 5) is 24.2. The maximum Gasteiger partial charge on any atom is 0.379 e. The van der Waals surface area contributed by atoms with Crippen molar-refractivity contribution < 1.29 is 23.5 Å². The fraction of sp³-hybridized carbons (Fsp3) is 0.208. The largest absolute Gasteiger partial charge is 0.484 e. The number of halogens is 1. The van der Waals surface area contributed by atoms with Gasteiger partial charge in [0, 0.05) is 10.0 Å². The maximum atomic E-state index is 12.1. The van der Waals surface area contributed by atoms with Gasteiger partial charge < -0.3 is 13.9 Å². The van der Waals surface area contributed by atoms with Crippen molar-refractivity contribution in [3.05, 3.63) is 82.2 Å². The summed E-state index contributed by atoms with van der Waals surface area (Å²) in [5.74, 6) is -0.122. The standard InChI is InChI=1S/C24H23BrN2O5/c1-24(2,3)17-6-9-19(10-7-17)31-15-22(28)27-26-14-16-13-18(25)8-11-20(16)32-23(29)21-5-4-12-30-21/h4-14H,15H2,1-3H3,(H,27,28)/b26-14+. The second-order valence-corrected chi connectivity index (χ2v) is 8.82. The van der Waals surface area contributed by atoms with Crippen molar-refractivity contribution in [1.82, 2.24) is 5.43 Å². The van der Waals surface area contributed by atoms with Gasteiger partial charge in [-0.25, -0.2) is 10.2 Å². The van der Waals surface area contributed by atoms with Gasteiger partial charge in [-0.05, 0) is 53.4 Å². The van der Waals surface area contributed by atoms with E-state index in [1.165, 1.54) is 24.1 Å². The van der Waals surface area contributed by atoms with Crippen molar-refractivity contribution >= 4 is 34.0 Å². The molecule has 0 fully saturated rings. The van der Waals surface area contributed by atoms with E-state index in [1.807, 2.05) is 24.3 Å². The van der Waals surface area contributed by atoms with Crippen molar-refractivity contribution in [1.29, 1.82) is 0 Å². The summed E-state index contributed by atoms with van der Waals surface area (Å²) in [7, 11) is 0. The zero-order chi connectivity index (χ0) is 23.1. The average molecular weight is 499 g/mol. The lowest BCUT2D eigenvalue weighted by molar-refractivity contribution is -0.123. The van der Waals surface area contributed by atoms with Gasteiger partial charge in [0.15, 0.2) is 6.61 Å². The molecule has 1 heterocycles. The highest BCUT2D eigenvalue weighted by Gasteiger charge is 2.15. The van der Waals surface area contributed by atoms with Gasteiger partial charge in [0.25, 0.3) is 5.91 Å². The van der Waals surface area contributed by atoms with E-state index in [2.05, 4.69) is 47.2 Å². The van der Waals surface area contributed by atoms with E-state index < -0.39 is 11.9 Å². The highest BCUT2D eigenvalue weighted by atomic mass is 79.9. The molecule has 166 valence electrons. The highest BCUT2D eigenvalue weighted by molar-refractivity contribution is 9.10. The fourth-order valence-corrected chi connectivity index (χ4v) is 3.04.